The van der Waals surface area contributed by atoms with Crippen LogP contribution < -0.4 is 15.8 Å². The summed E-state index contributed by atoms with van der Waals surface area (Å²) in [6.07, 6.45) is 0. The van der Waals surface area contributed by atoms with Gasteiger partial charge in [-0.2, -0.15) is 0 Å². The van der Waals surface area contributed by atoms with Gasteiger partial charge in [-0.3, -0.25) is 9.59 Å². The molecule has 0 saturated heterocycles. The topological polar surface area (TPSA) is 116 Å². The number of amides is 2. The number of carbonyl (C=O) groups is 2. The maximum atomic E-state index is 12.2. The van der Waals surface area contributed by atoms with Gasteiger partial charge in [0.15, 0.2) is 9.84 Å². The fourth-order valence-corrected chi connectivity index (χ4v) is 3.82. The zero-order valence-electron chi connectivity index (χ0n) is 15.9. The van der Waals surface area contributed by atoms with E-state index in [0.29, 0.717) is 22.6 Å². The number of benzene rings is 3. The summed E-state index contributed by atoms with van der Waals surface area (Å²) in [5.41, 5.74) is 5.96. The molecule has 8 heteroatoms. The smallest absolute Gasteiger partial charge is 0.251 e. The second kappa shape index (κ2) is 9.23. The molecule has 3 rings (SSSR count). The van der Waals surface area contributed by atoms with Gasteiger partial charge >= 0.3 is 0 Å². The Balaban J connectivity index is 1.54. The highest BCUT2D eigenvalue weighted by Gasteiger charge is 2.14. The van der Waals surface area contributed by atoms with Crippen molar-refractivity contribution in [2.24, 2.45) is 5.73 Å². The molecule has 0 aliphatic heterocycles. The van der Waals surface area contributed by atoms with Gasteiger partial charge in [0.1, 0.15) is 11.5 Å². The molecule has 2 amide bonds. The Morgan fingerprint density at radius 1 is 0.800 bits per heavy atom. The van der Waals surface area contributed by atoms with Gasteiger partial charge in [0.2, 0.25) is 5.91 Å². The quantitative estimate of drug-likeness (QED) is 0.577. The molecule has 30 heavy (non-hydrogen) atoms. The van der Waals surface area contributed by atoms with Crippen molar-refractivity contribution < 1.29 is 22.7 Å². The van der Waals surface area contributed by atoms with Crippen molar-refractivity contribution in [3.63, 3.8) is 0 Å². The molecule has 0 saturated carbocycles. The minimum Gasteiger partial charge on any atom is -0.457 e. The molecular formula is C22H20N2O5S. The van der Waals surface area contributed by atoms with Crippen LogP contribution in [0.3, 0.4) is 0 Å². The van der Waals surface area contributed by atoms with E-state index in [-0.39, 0.29) is 23.1 Å². The van der Waals surface area contributed by atoms with E-state index in [4.69, 9.17) is 10.5 Å². The number of sulfone groups is 1. The summed E-state index contributed by atoms with van der Waals surface area (Å²) in [7, 11) is -3.45. The SMILES string of the molecule is NC(=O)c1ccc(Oc2ccc(C(=O)NCCS(=O)(=O)c3ccccc3)cc2)cc1. The molecule has 0 heterocycles. The summed E-state index contributed by atoms with van der Waals surface area (Å²) in [4.78, 5) is 23.6. The first kappa shape index (κ1) is 21.1. The van der Waals surface area contributed by atoms with Crippen molar-refractivity contribution in [3.05, 3.63) is 90.0 Å². The minimum absolute atomic E-state index is 0.000520. The van der Waals surface area contributed by atoms with Gasteiger partial charge in [-0.1, -0.05) is 18.2 Å². The number of hydrogen-bond acceptors (Lipinski definition) is 5. The van der Waals surface area contributed by atoms with Crippen molar-refractivity contribution >= 4 is 21.7 Å². The lowest BCUT2D eigenvalue weighted by molar-refractivity contribution is 0.0954. The highest BCUT2D eigenvalue weighted by atomic mass is 32.2. The number of rotatable bonds is 8. The lowest BCUT2D eigenvalue weighted by Gasteiger charge is -2.09. The van der Waals surface area contributed by atoms with Crippen molar-refractivity contribution in [3.8, 4) is 11.5 Å². The highest BCUT2D eigenvalue weighted by Crippen LogP contribution is 2.22. The van der Waals surface area contributed by atoms with Crippen LogP contribution in [0.1, 0.15) is 20.7 Å². The molecule has 154 valence electrons. The second-order valence-corrected chi connectivity index (χ2v) is 8.51. The first-order chi connectivity index (χ1) is 14.3. The third-order valence-corrected chi connectivity index (χ3v) is 5.98. The summed E-state index contributed by atoms with van der Waals surface area (Å²) in [6, 6.07) is 20.9. The van der Waals surface area contributed by atoms with Gasteiger partial charge in [-0.15, -0.1) is 0 Å². The predicted octanol–water partition coefficient (Wildman–Crippen LogP) is 2.78. The van der Waals surface area contributed by atoms with E-state index in [2.05, 4.69) is 5.32 Å². The average Bonchev–Trinajstić information content (AvgIpc) is 2.75. The number of hydrogen-bond donors (Lipinski definition) is 2. The van der Waals surface area contributed by atoms with E-state index < -0.39 is 15.7 Å². The number of nitrogens with one attached hydrogen (secondary N) is 1. The molecule has 0 bridgehead atoms. The summed E-state index contributed by atoms with van der Waals surface area (Å²) in [5, 5.41) is 2.61. The van der Waals surface area contributed by atoms with Gasteiger partial charge in [0.05, 0.1) is 10.6 Å². The molecule has 0 spiro atoms. The van der Waals surface area contributed by atoms with Crippen LogP contribution in [-0.2, 0) is 9.84 Å². The number of nitrogens with two attached hydrogens (primary N) is 1. The Hall–Kier alpha value is -3.65. The average molecular weight is 424 g/mol. The zero-order chi connectivity index (χ0) is 21.6. The predicted molar refractivity (Wildman–Crippen MR) is 112 cm³/mol. The van der Waals surface area contributed by atoms with Gasteiger partial charge < -0.3 is 15.8 Å². The monoisotopic (exact) mass is 424 g/mol. The molecule has 0 aliphatic carbocycles. The van der Waals surface area contributed by atoms with Crippen molar-refractivity contribution in [1.29, 1.82) is 0 Å². The molecule has 3 aromatic rings. The van der Waals surface area contributed by atoms with Gasteiger partial charge in [0.25, 0.3) is 5.91 Å². The molecule has 0 radical (unpaired) electrons. The molecule has 3 aromatic carbocycles. The third-order valence-electron chi connectivity index (χ3n) is 4.25. The van der Waals surface area contributed by atoms with Crippen LogP contribution in [0.4, 0.5) is 0 Å². The lowest BCUT2D eigenvalue weighted by atomic mass is 10.2. The maximum absolute atomic E-state index is 12.2. The molecule has 0 fully saturated rings. The van der Waals surface area contributed by atoms with E-state index >= 15 is 0 Å². The first-order valence-electron chi connectivity index (χ1n) is 9.09. The molecular weight excluding hydrogens is 404 g/mol. The Morgan fingerprint density at radius 3 is 1.87 bits per heavy atom. The van der Waals surface area contributed by atoms with Gasteiger partial charge in [0, 0.05) is 17.7 Å². The largest absolute Gasteiger partial charge is 0.457 e. The second-order valence-electron chi connectivity index (χ2n) is 6.40. The van der Waals surface area contributed by atoms with Crippen LogP contribution in [0.2, 0.25) is 0 Å². The van der Waals surface area contributed by atoms with Crippen LogP contribution in [0, 0.1) is 0 Å². The van der Waals surface area contributed by atoms with Crippen molar-refractivity contribution in [2.75, 3.05) is 12.3 Å². The summed E-state index contributed by atoms with van der Waals surface area (Å²) < 4.78 is 30.1. The van der Waals surface area contributed by atoms with Crippen LogP contribution in [0.15, 0.2) is 83.8 Å². The fraction of sp³-hybridized carbons (Fsp3) is 0.0909. The van der Waals surface area contributed by atoms with E-state index in [9.17, 15) is 18.0 Å². The Labute approximate surface area is 174 Å². The molecule has 0 atom stereocenters. The van der Waals surface area contributed by atoms with Crippen molar-refractivity contribution in [2.45, 2.75) is 4.90 Å². The fourth-order valence-electron chi connectivity index (χ4n) is 2.64. The van der Waals surface area contributed by atoms with E-state index in [1.807, 2.05) is 0 Å². The zero-order valence-corrected chi connectivity index (χ0v) is 16.8. The van der Waals surface area contributed by atoms with E-state index in [0.717, 1.165) is 0 Å². The number of primary amides is 1. The van der Waals surface area contributed by atoms with Crippen LogP contribution >= 0.6 is 0 Å². The summed E-state index contributed by atoms with van der Waals surface area (Å²) in [5.74, 6) is -0.0666. The molecule has 7 nitrogen and oxygen atoms in total. The number of ether oxygens (including phenoxy) is 1. The Kier molecular flexibility index (Phi) is 6.48. The Bertz CT molecular complexity index is 1130. The van der Waals surface area contributed by atoms with E-state index in [1.165, 1.54) is 12.1 Å². The highest BCUT2D eigenvalue weighted by molar-refractivity contribution is 7.91. The summed E-state index contributed by atoms with van der Waals surface area (Å²) >= 11 is 0. The minimum atomic E-state index is -3.45. The number of carbonyl (C=O) groups excluding carboxylic acids is 2. The Morgan fingerprint density at radius 2 is 1.33 bits per heavy atom. The van der Waals surface area contributed by atoms with Crippen LogP contribution in [-0.4, -0.2) is 32.5 Å². The van der Waals surface area contributed by atoms with Crippen LogP contribution in [0.5, 0.6) is 11.5 Å². The molecule has 3 N–H and O–H groups in total. The summed E-state index contributed by atoms with van der Waals surface area (Å²) in [6.45, 7) is 0.000520. The maximum Gasteiger partial charge on any atom is 0.251 e. The first-order valence-corrected chi connectivity index (χ1v) is 10.7. The molecule has 0 unspecified atom stereocenters. The van der Waals surface area contributed by atoms with Gasteiger partial charge in [-0.05, 0) is 60.7 Å². The molecule has 0 aromatic heterocycles. The normalized spacial score (nSPS) is 10.9. The van der Waals surface area contributed by atoms with Crippen molar-refractivity contribution in [1.82, 2.24) is 5.32 Å². The van der Waals surface area contributed by atoms with E-state index in [1.54, 1.807) is 66.7 Å². The third kappa shape index (κ3) is 5.45. The molecule has 0 aliphatic rings. The lowest BCUT2D eigenvalue weighted by Crippen LogP contribution is -2.29. The van der Waals surface area contributed by atoms with Crippen LogP contribution in [0.25, 0.3) is 0 Å². The standard InChI is InChI=1S/C22H20N2O5S/c23-21(25)16-6-10-18(11-7-16)29-19-12-8-17(9-13-19)22(26)24-14-15-30(27,28)20-4-2-1-3-5-20/h1-13H,14-15H2,(H2,23,25)(H,24,26). The van der Waals surface area contributed by atoms with Gasteiger partial charge in [-0.25, -0.2) is 8.42 Å².